The molecule has 0 radical (unpaired) electrons. The molecule has 1 rings (SSSR count). The number of benzene rings is 1. The molecular formula is C13H22N2O3S2. The maximum absolute atomic E-state index is 12.4. The molecule has 7 heteroatoms. The summed E-state index contributed by atoms with van der Waals surface area (Å²) < 4.78 is 32.8. The molecule has 0 fully saturated rings. The number of hydrogen-bond donors (Lipinski definition) is 2. The van der Waals surface area contributed by atoms with Crippen molar-refractivity contribution in [2.24, 2.45) is 0 Å². The van der Waals surface area contributed by atoms with Crippen LogP contribution in [0.4, 0.5) is 5.69 Å². The number of rotatable bonds is 8. The van der Waals surface area contributed by atoms with Crippen molar-refractivity contribution in [3.05, 3.63) is 18.2 Å². The second-order valence-corrected chi connectivity index (χ2v) is 7.11. The van der Waals surface area contributed by atoms with E-state index in [0.29, 0.717) is 18.0 Å². The topological polar surface area (TPSA) is 81.4 Å². The Morgan fingerprint density at radius 2 is 2.15 bits per heavy atom. The monoisotopic (exact) mass is 318 g/mol. The smallest absolute Gasteiger partial charge is 0.244 e. The Morgan fingerprint density at radius 3 is 2.75 bits per heavy atom. The van der Waals surface area contributed by atoms with E-state index >= 15 is 0 Å². The van der Waals surface area contributed by atoms with Crippen molar-refractivity contribution in [1.82, 2.24) is 4.72 Å². The predicted octanol–water partition coefficient (Wildman–Crippen LogP) is 2.09. The van der Waals surface area contributed by atoms with E-state index in [1.165, 1.54) is 6.07 Å². The first kappa shape index (κ1) is 17.1. The van der Waals surface area contributed by atoms with E-state index in [4.69, 9.17) is 10.5 Å². The van der Waals surface area contributed by atoms with Gasteiger partial charge < -0.3 is 10.5 Å². The Morgan fingerprint density at radius 1 is 1.45 bits per heavy atom. The van der Waals surface area contributed by atoms with Crippen LogP contribution in [0, 0.1) is 0 Å². The van der Waals surface area contributed by atoms with Crippen molar-refractivity contribution in [1.29, 1.82) is 0 Å². The van der Waals surface area contributed by atoms with Crippen molar-refractivity contribution in [2.75, 3.05) is 24.3 Å². The molecule has 0 aliphatic rings. The van der Waals surface area contributed by atoms with E-state index in [2.05, 4.69) is 4.72 Å². The van der Waals surface area contributed by atoms with Crippen molar-refractivity contribution in [3.63, 3.8) is 0 Å². The van der Waals surface area contributed by atoms with Gasteiger partial charge in [0.1, 0.15) is 10.6 Å². The summed E-state index contributed by atoms with van der Waals surface area (Å²) in [6, 6.07) is 4.50. The van der Waals surface area contributed by atoms with Gasteiger partial charge >= 0.3 is 0 Å². The first-order valence-electron chi connectivity index (χ1n) is 6.44. The molecule has 1 unspecified atom stereocenters. The van der Waals surface area contributed by atoms with Crippen LogP contribution in [0.3, 0.4) is 0 Å². The summed E-state index contributed by atoms with van der Waals surface area (Å²) in [6.45, 7) is 4.05. The van der Waals surface area contributed by atoms with Gasteiger partial charge in [-0.2, -0.15) is 11.8 Å². The van der Waals surface area contributed by atoms with Gasteiger partial charge in [-0.05, 0) is 50.5 Å². The lowest BCUT2D eigenvalue weighted by Gasteiger charge is -2.16. The minimum Gasteiger partial charge on any atom is -0.492 e. The Hall–Kier alpha value is -0.920. The Kier molecular flexibility index (Phi) is 6.64. The minimum absolute atomic E-state index is 0.0929. The number of nitrogens with two attached hydrogens (primary N) is 1. The number of nitrogen functional groups attached to an aromatic ring is 1. The van der Waals surface area contributed by atoms with Gasteiger partial charge in [-0.3, -0.25) is 0 Å². The van der Waals surface area contributed by atoms with Crippen LogP contribution >= 0.6 is 11.8 Å². The van der Waals surface area contributed by atoms with Crippen LogP contribution in [0.1, 0.15) is 20.3 Å². The molecule has 3 N–H and O–H groups in total. The highest BCUT2D eigenvalue weighted by Crippen LogP contribution is 2.26. The molecule has 5 nitrogen and oxygen atoms in total. The standard InChI is InChI=1S/C13H22N2O3S2/c1-4-18-12-6-5-11(14)9-13(12)20(16,17)15-10(2)7-8-19-3/h5-6,9-10,15H,4,7-8,14H2,1-3H3. The van der Waals surface area contributed by atoms with Crippen molar-refractivity contribution >= 4 is 27.5 Å². The van der Waals surface area contributed by atoms with E-state index in [9.17, 15) is 8.42 Å². The Balaban J connectivity index is 2.99. The van der Waals surface area contributed by atoms with Gasteiger partial charge in [-0.25, -0.2) is 13.1 Å². The fraction of sp³-hybridized carbons (Fsp3) is 0.538. The zero-order valence-corrected chi connectivity index (χ0v) is 13.7. The number of nitrogens with one attached hydrogen (secondary N) is 1. The largest absolute Gasteiger partial charge is 0.492 e. The average Bonchev–Trinajstić information content (AvgIpc) is 2.38. The first-order chi connectivity index (χ1) is 9.40. The molecule has 0 bridgehead atoms. The quantitative estimate of drug-likeness (QED) is 0.717. The highest BCUT2D eigenvalue weighted by Gasteiger charge is 2.22. The van der Waals surface area contributed by atoms with Crippen LogP contribution < -0.4 is 15.2 Å². The van der Waals surface area contributed by atoms with Crippen molar-refractivity contribution in [2.45, 2.75) is 31.2 Å². The molecule has 0 aliphatic heterocycles. The van der Waals surface area contributed by atoms with Crippen LogP contribution in [-0.4, -0.2) is 33.1 Å². The number of thioether (sulfide) groups is 1. The zero-order chi connectivity index (χ0) is 15.2. The maximum atomic E-state index is 12.4. The van der Waals surface area contributed by atoms with Crippen LogP contribution in [-0.2, 0) is 10.0 Å². The third-order valence-corrected chi connectivity index (χ3v) is 4.92. The molecule has 20 heavy (non-hydrogen) atoms. The fourth-order valence-corrected chi connectivity index (χ4v) is 3.74. The Bertz CT molecular complexity index is 532. The molecule has 0 aliphatic carbocycles. The molecule has 0 spiro atoms. The van der Waals surface area contributed by atoms with Crippen LogP contribution in [0.25, 0.3) is 0 Å². The number of ether oxygens (including phenoxy) is 1. The average molecular weight is 318 g/mol. The van der Waals surface area contributed by atoms with E-state index in [-0.39, 0.29) is 10.9 Å². The molecule has 0 saturated heterocycles. The lowest BCUT2D eigenvalue weighted by atomic mass is 10.3. The van der Waals surface area contributed by atoms with Crippen molar-refractivity contribution < 1.29 is 13.2 Å². The molecule has 0 amide bonds. The van der Waals surface area contributed by atoms with Gasteiger partial charge in [0.05, 0.1) is 6.61 Å². The van der Waals surface area contributed by atoms with Gasteiger partial charge in [-0.1, -0.05) is 0 Å². The SMILES string of the molecule is CCOc1ccc(N)cc1S(=O)(=O)NC(C)CCSC. The summed E-state index contributed by atoms with van der Waals surface area (Å²) >= 11 is 1.69. The molecule has 114 valence electrons. The van der Waals surface area contributed by atoms with E-state index in [1.54, 1.807) is 30.8 Å². The molecule has 0 aromatic heterocycles. The summed E-state index contributed by atoms with van der Waals surface area (Å²) in [7, 11) is -3.63. The normalized spacial score (nSPS) is 13.2. The second kappa shape index (κ2) is 7.75. The van der Waals surface area contributed by atoms with Gasteiger partial charge in [0.2, 0.25) is 10.0 Å². The summed E-state index contributed by atoms with van der Waals surface area (Å²) in [5, 5.41) is 0. The molecule has 0 saturated carbocycles. The number of hydrogen-bond acceptors (Lipinski definition) is 5. The molecule has 1 atom stereocenters. The highest BCUT2D eigenvalue weighted by atomic mass is 32.2. The van der Waals surface area contributed by atoms with Crippen LogP contribution in [0.2, 0.25) is 0 Å². The van der Waals surface area contributed by atoms with Crippen LogP contribution in [0.15, 0.2) is 23.1 Å². The molecule has 1 aromatic rings. The first-order valence-corrected chi connectivity index (χ1v) is 9.32. The third-order valence-electron chi connectivity index (χ3n) is 2.67. The third kappa shape index (κ3) is 4.88. The molecular weight excluding hydrogens is 296 g/mol. The minimum atomic E-state index is -3.63. The van der Waals surface area contributed by atoms with E-state index in [1.807, 2.05) is 13.2 Å². The predicted molar refractivity (Wildman–Crippen MR) is 84.8 cm³/mol. The van der Waals surface area contributed by atoms with E-state index < -0.39 is 10.0 Å². The van der Waals surface area contributed by atoms with Gasteiger partial charge in [0, 0.05) is 11.7 Å². The van der Waals surface area contributed by atoms with Crippen molar-refractivity contribution in [3.8, 4) is 5.75 Å². The van der Waals surface area contributed by atoms with E-state index in [0.717, 1.165) is 12.2 Å². The summed E-state index contributed by atoms with van der Waals surface area (Å²) in [4.78, 5) is 0.0929. The van der Waals surface area contributed by atoms with Gasteiger partial charge in [0.15, 0.2) is 0 Å². The lowest BCUT2D eigenvalue weighted by molar-refractivity contribution is 0.331. The molecule has 1 aromatic carbocycles. The van der Waals surface area contributed by atoms with Gasteiger partial charge in [0.25, 0.3) is 0 Å². The summed E-state index contributed by atoms with van der Waals surface area (Å²) in [6.07, 6.45) is 2.76. The number of sulfonamides is 1. The lowest BCUT2D eigenvalue weighted by Crippen LogP contribution is -2.33. The van der Waals surface area contributed by atoms with Gasteiger partial charge in [-0.15, -0.1) is 0 Å². The zero-order valence-electron chi connectivity index (χ0n) is 12.0. The highest BCUT2D eigenvalue weighted by molar-refractivity contribution is 7.98. The summed E-state index contributed by atoms with van der Waals surface area (Å²) in [5.41, 5.74) is 6.07. The second-order valence-electron chi connectivity index (χ2n) is 4.44. The fourth-order valence-electron chi connectivity index (χ4n) is 1.69. The maximum Gasteiger partial charge on any atom is 0.244 e. The summed E-state index contributed by atoms with van der Waals surface area (Å²) in [5.74, 6) is 1.23. The van der Waals surface area contributed by atoms with Crippen LogP contribution in [0.5, 0.6) is 5.75 Å². The Labute approximate surface area is 125 Å². The molecule has 0 heterocycles. The number of anilines is 1.